The van der Waals surface area contributed by atoms with Crippen LogP contribution in [0.1, 0.15) is 71.6 Å². The summed E-state index contributed by atoms with van der Waals surface area (Å²) in [4.78, 5) is 11.6. The van der Waals surface area contributed by atoms with E-state index in [9.17, 15) is 15.1 Å². The summed E-state index contributed by atoms with van der Waals surface area (Å²) in [6.45, 7) is 5.12. The average Bonchev–Trinajstić information content (AvgIpc) is 3.21. The molecule has 5 rings (SSSR count). The number of nitrogens with zero attached hydrogens (tertiary/aromatic N) is 1. The number of aliphatic hydroxyl groups is 1. The van der Waals surface area contributed by atoms with Crippen LogP contribution in [0.5, 0.6) is 0 Å². The first-order valence-corrected chi connectivity index (χ1v) is 11.1. The molecule has 4 saturated carbocycles. The lowest BCUT2D eigenvalue weighted by Crippen LogP contribution is -2.62. The second-order valence-corrected chi connectivity index (χ2v) is 10.7. The standard InChI is InChI=1S/C23H33NO4/c1-21-8-5-16(24-27)12-15(21)3-4-19-18(21)6-9-22(2)17(7-10-23(19,22)26)14-11-20(25)28-13-14/h11,15,17-19,26-27H,3-10,12-13H2,1-2H3/b24-16-/t15-,17-,18+,19-,21+,22-,23+/m1/s1. The molecule has 0 saturated heterocycles. The number of carbonyl (C=O) groups is 1. The minimum Gasteiger partial charge on any atom is -0.458 e. The lowest BCUT2D eigenvalue weighted by atomic mass is 9.43. The van der Waals surface area contributed by atoms with E-state index in [4.69, 9.17) is 4.74 Å². The highest BCUT2D eigenvalue weighted by Gasteiger charge is 2.67. The van der Waals surface area contributed by atoms with Crippen LogP contribution in [0, 0.1) is 34.5 Å². The topological polar surface area (TPSA) is 79.1 Å². The van der Waals surface area contributed by atoms with Gasteiger partial charge in [0.25, 0.3) is 0 Å². The van der Waals surface area contributed by atoms with Crippen LogP contribution in [0.4, 0.5) is 0 Å². The van der Waals surface area contributed by atoms with E-state index in [1.54, 1.807) is 6.08 Å². The second-order valence-electron chi connectivity index (χ2n) is 10.7. The summed E-state index contributed by atoms with van der Waals surface area (Å²) in [5.41, 5.74) is 1.48. The molecule has 5 nitrogen and oxygen atoms in total. The molecule has 5 aliphatic rings. The summed E-state index contributed by atoms with van der Waals surface area (Å²) >= 11 is 0. The first-order chi connectivity index (χ1) is 13.3. The van der Waals surface area contributed by atoms with Crippen LogP contribution in [0.15, 0.2) is 16.8 Å². The Bertz CT molecular complexity index is 760. The predicted molar refractivity (Wildman–Crippen MR) is 105 cm³/mol. The largest absolute Gasteiger partial charge is 0.458 e. The van der Waals surface area contributed by atoms with Gasteiger partial charge in [0.2, 0.25) is 0 Å². The summed E-state index contributed by atoms with van der Waals surface area (Å²) in [7, 11) is 0. The zero-order valence-electron chi connectivity index (χ0n) is 17.1. The third kappa shape index (κ3) is 2.28. The highest BCUT2D eigenvalue weighted by Crippen LogP contribution is 2.69. The molecule has 0 unspecified atom stereocenters. The first-order valence-electron chi connectivity index (χ1n) is 11.1. The minimum atomic E-state index is -0.646. The van der Waals surface area contributed by atoms with Crippen LogP contribution in [-0.4, -0.2) is 34.2 Å². The molecule has 154 valence electrons. The van der Waals surface area contributed by atoms with Crippen molar-refractivity contribution in [2.45, 2.75) is 77.2 Å². The predicted octanol–water partition coefficient (Wildman–Crippen LogP) is 4.07. The fourth-order valence-corrected chi connectivity index (χ4v) is 8.30. The molecular weight excluding hydrogens is 354 g/mol. The molecule has 0 amide bonds. The number of cyclic esters (lactones) is 1. The monoisotopic (exact) mass is 387 g/mol. The van der Waals surface area contributed by atoms with Gasteiger partial charge in [-0.3, -0.25) is 0 Å². The molecule has 0 aromatic carbocycles. The van der Waals surface area contributed by atoms with Crippen molar-refractivity contribution in [1.29, 1.82) is 0 Å². The van der Waals surface area contributed by atoms with Crippen LogP contribution >= 0.6 is 0 Å². The zero-order valence-corrected chi connectivity index (χ0v) is 17.1. The third-order valence-corrected chi connectivity index (χ3v) is 9.96. The van der Waals surface area contributed by atoms with Gasteiger partial charge < -0.3 is 15.1 Å². The van der Waals surface area contributed by atoms with Gasteiger partial charge in [-0.25, -0.2) is 4.79 Å². The van der Waals surface area contributed by atoms with Crippen molar-refractivity contribution in [2.24, 2.45) is 39.7 Å². The van der Waals surface area contributed by atoms with E-state index in [-0.39, 0.29) is 22.7 Å². The van der Waals surface area contributed by atoms with E-state index in [2.05, 4.69) is 19.0 Å². The van der Waals surface area contributed by atoms with E-state index >= 15 is 0 Å². The van der Waals surface area contributed by atoms with Crippen molar-refractivity contribution in [3.63, 3.8) is 0 Å². The van der Waals surface area contributed by atoms with Gasteiger partial charge in [0.15, 0.2) is 0 Å². The Hall–Kier alpha value is -1.36. The Kier molecular flexibility index (Phi) is 4.04. The molecule has 0 aromatic heterocycles. The number of ether oxygens (including phenoxy) is 1. The quantitative estimate of drug-likeness (QED) is 0.404. The molecule has 28 heavy (non-hydrogen) atoms. The second kappa shape index (κ2) is 6.07. The SMILES string of the molecule is C[C@]12CC/C(=N/O)C[C@H]1CC[C@@H]1[C@@H]2CC[C@]2(C)[C@@H](C3=CC(=O)OC3)CC[C@]12O. The lowest BCUT2D eigenvalue weighted by molar-refractivity contribution is -0.200. The van der Waals surface area contributed by atoms with Gasteiger partial charge in [0.1, 0.15) is 6.61 Å². The maximum Gasteiger partial charge on any atom is 0.331 e. The van der Waals surface area contributed by atoms with Crippen LogP contribution in [0.25, 0.3) is 0 Å². The van der Waals surface area contributed by atoms with Crippen molar-refractivity contribution < 1.29 is 19.8 Å². The Morgan fingerprint density at radius 2 is 1.93 bits per heavy atom. The van der Waals surface area contributed by atoms with E-state index in [1.165, 1.54) is 0 Å². The van der Waals surface area contributed by atoms with E-state index in [0.29, 0.717) is 24.4 Å². The van der Waals surface area contributed by atoms with Gasteiger partial charge in [-0.15, -0.1) is 0 Å². The molecule has 0 aromatic rings. The molecule has 4 fully saturated rings. The van der Waals surface area contributed by atoms with Crippen molar-refractivity contribution >= 4 is 11.7 Å². The number of oxime groups is 1. The third-order valence-electron chi connectivity index (χ3n) is 9.96. The van der Waals surface area contributed by atoms with Crippen LogP contribution in [0.2, 0.25) is 0 Å². The number of carbonyl (C=O) groups excluding carboxylic acids is 1. The molecule has 4 aliphatic carbocycles. The van der Waals surface area contributed by atoms with Crippen LogP contribution in [-0.2, 0) is 9.53 Å². The molecule has 2 N–H and O–H groups in total. The fraction of sp³-hybridized carbons (Fsp3) is 0.826. The van der Waals surface area contributed by atoms with Crippen molar-refractivity contribution in [2.75, 3.05) is 6.61 Å². The van der Waals surface area contributed by atoms with Crippen LogP contribution < -0.4 is 0 Å². The number of fused-ring (bicyclic) bond motifs is 5. The Morgan fingerprint density at radius 3 is 2.64 bits per heavy atom. The van der Waals surface area contributed by atoms with E-state index in [0.717, 1.165) is 69.1 Å². The summed E-state index contributed by atoms with van der Waals surface area (Å²) in [6.07, 6.45) is 10.7. The average molecular weight is 388 g/mol. The molecule has 1 aliphatic heterocycles. The van der Waals surface area contributed by atoms with Crippen molar-refractivity contribution in [3.8, 4) is 0 Å². The lowest BCUT2D eigenvalue weighted by Gasteiger charge is -2.63. The molecule has 0 bridgehead atoms. The summed E-state index contributed by atoms with van der Waals surface area (Å²) in [5, 5.41) is 24.9. The highest BCUT2D eigenvalue weighted by molar-refractivity contribution is 5.85. The number of hydrogen-bond acceptors (Lipinski definition) is 5. The molecule has 7 atom stereocenters. The fourth-order valence-electron chi connectivity index (χ4n) is 8.30. The molecular formula is C23H33NO4. The van der Waals surface area contributed by atoms with Crippen molar-refractivity contribution in [3.05, 3.63) is 11.6 Å². The van der Waals surface area contributed by atoms with E-state index < -0.39 is 5.60 Å². The summed E-state index contributed by atoms with van der Waals surface area (Å²) in [6, 6.07) is 0. The molecule has 0 spiro atoms. The Morgan fingerprint density at radius 1 is 1.11 bits per heavy atom. The maximum atomic E-state index is 12.1. The minimum absolute atomic E-state index is 0.163. The van der Waals surface area contributed by atoms with E-state index in [1.807, 2.05) is 0 Å². The molecule has 5 heteroatoms. The van der Waals surface area contributed by atoms with Gasteiger partial charge in [-0.2, -0.15) is 0 Å². The van der Waals surface area contributed by atoms with Gasteiger partial charge in [-0.05, 0) is 92.4 Å². The van der Waals surface area contributed by atoms with Gasteiger partial charge in [-0.1, -0.05) is 19.0 Å². The number of hydrogen-bond donors (Lipinski definition) is 2. The van der Waals surface area contributed by atoms with Crippen molar-refractivity contribution in [1.82, 2.24) is 0 Å². The Labute approximate surface area is 167 Å². The molecule has 1 heterocycles. The normalized spacial score (nSPS) is 51.9. The Balaban J connectivity index is 1.46. The smallest absolute Gasteiger partial charge is 0.331 e. The molecule has 0 radical (unpaired) electrons. The summed E-state index contributed by atoms with van der Waals surface area (Å²) < 4.78 is 5.20. The highest BCUT2D eigenvalue weighted by atomic mass is 16.5. The van der Waals surface area contributed by atoms with Crippen LogP contribution in [0.3, 0.4) is 0 Å². The zero-order chi connectivity index (χ0) is 19.7. The van der Waals surface area contributed by atoms with Gasteiger partial charge >= 0.3 is 5.97 Å². The summed E-state index contributed by atoms with van der Waals surface area (Å²) in [5.74, 6) is 1.49. The van der Waals surface area contributed by atoms with Gasteiger partial charge in [0.05, 0.1) is 11.3 Å². The number of esters is 1. The number of rotatable bonds is 1. The van der Waals surface area contributed by atoms with Gasteiger partial charge in [0, 0.05) is 11.5 Å². The first kappa shape index (κ1) is 18.7. The maximum absolute atomic E-state index is 12.1.